The number of fused-ring (bicyclic) bond motifs is 2. The molecule has 0 unspecified atom stereocenters. The molecule has 7 rings (SSSR count). The maximum atomic E-state index is 13.7. The topological polar surface area (TPSA) is 52.0 Å². The average molecular weight is 547 g/mol. The van der Waals surface area contributed by atoms with Gasteiger partial charge in [0.15, 0.2) is 0 Å². The largest absolute Gasteiger partial charge is 0.293 e. The lowest BCUT2D eigenvalue weighted by Gasteiger charge is -2.25. The summed E-state index contributed by atoms with van der Waals surface area (Å²) >= 11 is 1.77. The van der Waals surface area contributed by atoms with Crippen LogP contribution in [0.15, 0.2) is 113 Å². The number of thiophene rings is 1. The number of sulfone groups is 1. The molecular formula is C33H26N2O2S2. The van der Waals surface area contributed by atoms with Gasteiger partial charge in [-0.15, -0.1) is 11.3 Å². The molecule has 0 spiro atoms. The van der Waals surface area contributed by atoms with E-state index in [0.29, 0.717) is 26.5 Å². The van der Waals surface area contributed by atoms with Crippen molar-refractivity contribution in [3.05, 3.63) is 109 Å². The third kappa shape index (κ3) is 3.70. The molecule has 4 nitrogen and oxygen atoms in total. The second-order valence-electron chi connectivity index (χ2n) is 10.9. The molecule has 192 valence electrons. The van der Waals surface area contributed by atoms with Crippen LogP contribution >= 0.6 is 11.3 Å². The molecule has 0 fully saturated rings. The molecule has 1 aliphatic rings. The molecule has 1 aliphatic heterocycles. The van der Waals surface area contributed by atoms with Crippen molar-refractivity contribution in [1.29, 1.82) is 0 Å². The Morgan fingerprint density at radius 2 is 1.28 bits per heavy atom. The Morgan fingerprint density at radius 1 is 0.667 bits per heavy atom. The van der Waals surface area contributed by atoms with Crippen molar-refractivity contribution in [3.8, 4) is 37.7 Å². The normalized spacial score (nSPS) is 13.9. The summed E-state index contributed by atoms with van der Waals surface area (Å²) in [6, 6.07) is 34.1. The number of imidazole rings is 1. The fourth-order valence-electron chi connectivity index (χ4n) is 5.39. The van der Waals surface area contributed by atoms with Crippen LogP contribution < -0.4 is 0 Å². The first-order valence-electron chi connectivity index (χ1n) is 12.9. The number of hydrogen-bond donors (Lipinski definition) is 0. The highest BCUT2D eigenvalue weighted by Gasteiger charge is 2.36. The number of para-hydroxylation sites is 1. The Bertz CT molecular complexity index is 1990. The molecule has 0 saturated carbocycles. The monoisotopic (exact) mass is 546 g/mol. The van der Waals surface area contributed by atoms with Gasteiger partial charge in [-0.25, -0.2) is 13.4 Å². The van der Waals surface area contributed by atoms with E-state index in [9.17, 15) is 8.42 Å². The Morgan fingerprint density at radius 3 is 1.97 bits per heavy atom. The van der Waals surface area contributed by atoms with Crippen LogP contribution in [0.3, 0.4) is 0 Å². The zero-order valence-electron chi connectivity index (χ0n) is 21.8. The first kappa shape index (κ1) is 24.1. The first-order valence-corrected chi connectivity index (χ1v) is 15.2. The average Bonchev–Trinajstić information content (AvgIpc) is 3.59. The Labute approximate surface area is 232 Å². The molecule has 6 heteroatoms. The SMILES string of the molecule is CC(C)(C)c1nc2c(-c3ccc(-c4ccc(-c5ccccc5)s4)cc3)ccc3c2n1-c1ccccc1S3(=O)=O. The number of rotatable bonds is 3. The Kier molecular flexibility index (Phi) is 5.25. The fraction of sp³-hybridized carbons (Fsp3) is 0.121. The molecule has 0 saturated heterocycles. The van der Waals surface area contributed by atoms with Gasteiger partial charge in [0, 0.05) is 20.7 Å². The van der Waals surface area contributed by atoms with E-state index in [4.69, 9.17) is 4.98 Å². The molecule has 2 aromatic heterocycles. The summed E-state index contributed by atoms with van der Waals surface area (Å²) in [5.74, 6) is 0.845. The van der Waals surface area contributed by atoms with Crippen molar-refractivity contribution in [1.82, 2.24) is 9.55 Å². The standard InChI is InChI=1S/C33H26N2O2S2/c1-33(2,3)32-34-30-24(17-20-29-31(30)35(32)25-11-7-8-12-28(25)39(29,36)37)21-13-15-23(16-14-21)27-19-18-26(38-27)22-9-5-4-6-10-22/h4-20H,1-3H3. The van der Waals surface area contributed by atoms with Gasteiger partial charge in [0.25, 0.3) is 0 Å². The summed E-state index contributed by atoms with van der Waals surface area (Å²) in [7, 11) is -3.66. The van der Waals surface area contributed by atoms with Gasteiger partial charge in [0.05, 0.1) is 26.5 Å². The lowest BCUT2D eigenvalue weighted by atomic mass is 9.95. The highest BCUT2D eigenvalue weighted by atomic mass is 32.2. The van der Waals surface area contributed by atoms with Gasteiger partial charge < -0.3 is 0 Å². The van der Waals surface area contributed by atoms with Crippen molar-refractivity contribution < 1.29 is 8.42 Å². The molecular weight excluding hydrogens is 521 g/mol. The maximum absolute atomic E-state index is 13.7. The Hall–Kier alpha value is -4.00. The van der Waals surface area contributed by atoms with Crippen LogP contribution in [0, 0.1) is 0 Å². The van der Waals surface area contributed by atoms with E-state index in [0.717, 1.165) is 22.5 Å². The molecule has 0 atom stereocenters. The molecule has 0 aliphatic carbocycles. The maximum Gasteiger partial charge on any atom is 0.210 e. The van der Waals surface area contributed by atoms with Crippen molar-refractivity contribution in [2.24, 2.45) is 0 Å². The third-order valence-electron chi connectivity index (χ3n) is 7.27. The second kappa shape index (κ2) is 8.50. The van der Waals surface area contributed by atoms with Crippen LogP contribution in [0.4, 0.5) is 0 Å². The lowest BCUT2D eigenvalue weighted by Crippen LogP contribution is -2.22. The van der Waals surface area contributed by atoms with Crippen LogP contribution in [0.1, 0.15) is 26.6 Å². The van der Waals surface area contributed by atoms with Gasteiger partial charge in [-0.05, 0) is 47.0 Å². The number of nitrogens with zero attached hydrogens (tertiary/aromatic N) is 2. The molecule has 4 aromatic carbocycles. The highest BCUT2D eigenvalue weighted by molar-refractivity contribution is 7.92. The number of aromatic nitrogens is 2. The molecule has 0 bridgehead atoms. The van der Waals surface area contributed by atoms with E-state index < -0.39 is 9.84 Å². The van der Waals surface area contributed by atoms with Gasteiger partial charge in [-0.2, -0.15) is 0 Å². The fourth-order valence-corrected chi connectivity index (χ4v) is 8.03. The van der Waals surface area contributed by atoms with Crippen molar-refractivity contribution in [2.45, 2.75) is 36.0 Å². The van der Waals surface area contributed by atoms with Crippen LogP contribution in [-0.4, -0.2) is 18.0 Å². The first-order chi connectivity index (χ1) is 18.7. The van der Waals surface area contributed by atoms with Crippen LogP contribution in [0.5, 0.6) is 0 Å². The minimum Gasteiger partial charge on any atom is -0.293 e. The van der Waals surface area contributed by atoms with Gasteiger partial charge in [0.1, 0.15) is 5.82 Å². The summed E-state index contributed by atoms with van der Waals surface area (Å²) in [4.78, 5) is 8.20. The minimum absolute atomic E-state index is 0.290. The summed E-state index contributed by atoms with van der Waals surface area (Å²) in [5.41, 5.74) is 6.05. The van der Waals surface area contributed by atoms with E-state index in [1.54, 1.807) is 29.5 Å². The Balaban J connectivity index is 1.38. The number of benzene rings is 4. The van der Waals surface area contributed by atoms with Gasteiger partial charge in [-0.1, -0.05) is 93.6 Å². The summed E-state index contributed by atoms with van der Waals surface area (Å²) in [5, 5.41) is 0. The molecule has 6 aromatic rings. The smallest absolute Gasteiger partial charge is 0.210 e. The van der Waals surface area contributed by atoms with E-state index in [1.165, 1.54) is 15.3 Å². The molecule has 39 heavy (non-hydrogen) atoms. The summed E-state index contributed by atoms with van der Waals surface area (Å²) < 4.78 is 29.4. The molecule has 3 heterocycles. The predicted molar refractivity (Wildman–Crippen MR) is 159 cm³/mol. The lowest BCUT2D eigenvalue weighted by molar-refractivity contribution is 0.535. The van der Waals surface area contributed by atoms with E-state index in [2.05, 4.69) is 86.0 Å². The van der Waals surface area contributed by atoms with E-state index >= 15 is 0 Å². The highest BCUT2D eigenvalue weighted by Crippen LogP contribution is 2.44. The van der Waals surface area contributed by atoms with Crippen LogP contribution in [0.2, 0.25) is 0 Å². The zero-order chi connectivity index (χ0) is 26.9. The minimum atomic E-state index is -3.66. The summed E-state index contributed by atoms with van der Waals surface area (Å²) in [6.45, 7) is 6.34. The molecule has 0 N–H and O–H groups in total. The van der Waals surface area contributed by atoms with Crippen LogP contribution in [0.25, 0.3) is 48.7 Å². The molecule has 0 radical (unpaired) electrons. The second-order valence-corrected chi connectivity index (χ2v) is 13.9. The van der Waals surface area contributed by atoms with Gasteiger partial charge in [0.2, 0.25) is 9.84 Å². The zero-order valence-corrected chi connectivity index (χ0v) is 23.5. The van der Waals surface area contributed by atoms with E-state index in [1.807, 2.05) is 24.3 Å². The van der Waals surface area contributed by atoms with Gasteiger partial charge >= 0.3 is 0 Å². The van der Waals surface area contributed by atoms with Crippen molar-refractivity contribution >= 4 is 32.2 Å². The third-order valence-corrected chi connectivity index (χ3v) is 10.3. The van der Waals surface area contributed by atoms with E-state index in [-0.39, 0.29) is 5.41 Å². The summed E-state index contributed by atoms with van der Waals surface area (Å²) in [6.07, 6.45) is 0. The quantitative estimate of drug-likeness (QED) is 0.223. The van der Waals surface area contributed by atoms with Crippen molar-refractivity contribution in [2.75, 3.05) is 0 Å². The van der Waals surface area contributed by atoms with Gasteiger partial charge in [-0.3, -0.25) is 4.57 Å². The van der Waals surface area contributed by atoms with Crippen molar-refractivity contribution in [3.63, 3.8) is 0 Å². The predicted octanol–water partition coefficient (Wildman–Crippen LogP) is 8.53. The van der Waals surface area contributed by atoms with Crippen LogP contribution in [-0.2, 0) is 15.3 Å². The molecule has 0 amide bonds. The number of hydrogen-bond acceptors (Lipinski definition) is 4.